The molecule has 2 amide bonds. The van der Waals surface area contributed by atoms with E-state index in [2.05, 4.69) is 40.7 Å². The Morgan fingerprint density at radius 1 is 1.20 bits per heavy atom. The molecule has 1 saturated heterocycles. The van der Waals surface area contributed by atoms with Gasteiger partial charge in [-0.15, -0.1) is 0 Å². The third kappa shape index (κ3) is 4.53. The van der Waals surface area contributed by atoms with Crippen molar-refractivity contribution in [1.29, 1.82) is 0 Å². The van der Waals surface area contributed by atoms with Crippen molar-refractivity contribution in [2.45, 2.75) is 44.2 Å². The van der Waals surface area contributed by atoms with Crippen LogP contribution in [0.15, 0.2) is 54.9 Å². The Kier molecular flexibility index (Phi) is 5.57. The van der Waals surface area contributed by atoms with E-state index in [1.54, 1.807) is 15.8 Å². The second kappa shape index (κ2) is 8.30. The van der Waals surface area contributed by atoms with Crippen LogP contribution < -0.4 is 5.32 Å². The van der Waals surface area contributed by atoms with Crippen LogP contribution in [0.1, 0.15) is 36.8 Å². The maximum atomic E-state index is 12.7. The van der Waals surface area contributed by atoms with Gasteiger partial charge in [0.05, 0.1) is 6.20 Å². The molecule has 0 spiro atoms. The maximum absolute atomic E-state index is 12.7. The Morgan fingerprint density at radius 3 is 2.70 bits per heavy atom. The fourth-order valence-corrected chi connectivity index (χ4v) is 4.37. The summed E-state index contributed by atoms with van der Waals surface area (Å²) >= 11 is 0. The zero-order valence-corrected chi connectivity index (χ0v) is 17.6. The van der Waals surface area contributed by atoms with Gasteiger partial charge in [0.25, 0.3) is 0 Å². The number of nitrogens with one attached hydrogen (secondary N) is 1. The number of amides is 2. The largest absolute Gasteiger partial charge is 0.350 e. The van der Waals surface area contributed by atoms with Crippen molar-refractivity contribution in [3.8, 4) is 0 Å². The van der Waals surface area contributed by atoms with Gasteiger partial charge >= 0.3 is 0 Å². The number of rotatable bonds is 7. The summed E-state index contributed by atoms with van der Waals surface area (Å²) in [5.74, 6) is 0.157. The molecule has 6 heteroatoms. The smallest absolute Gasteiger partial charge is 0.222 e. The Hall–Kier alpha value is -3.15. The number of carbonyl (C=O) groups excluding carboxylic acids is 2. The van der Waals surface area contributed by atoms with E-state index >= 15 is 0 Å². The highest BCUT2D eigenvalue weighted by Crippen LogP contribution is 2.31. The van der Waals surface area contributed by atoms with Gasteiger partial charge in [-0.05, 0) is 35.6 Å². The van der Waals surface area contributed by atoms with Gasteiger partial charge in [-0.25, -0.2) is 0 Å². The van der Waals surface area contributed by atoms with Crippen molar-refractivity contribution in [3.63, 3.8) is 0 Å². The van der Waals surface area contributed by atoms with E-state index in [1.807, 2.05) is 32.4 Å². The van der Waals surface area contributed by atoms with E-state index in [0.29, 0.717) is 25.8 Å². The molecule has 1 aliphatic heterocycles. The number of carbonyl (C=O) groups is 2. The lowest BCUT2D eigenvalue weighted by atomic mass is 9.84. The summed E-state index contributed by atoms with van der Waals surface area (Å²) in [6.07, 6.45) is 6.77. The molecule has 6 nitrogen and oxygen atoms in total. The number of aromatic nitrogens is 2. The summed E-state index contributed by atoms with van der Waals surface area (Å²) in [5, 5.41) is 9.75. The highest BCUT2D eigenvalue weighted by Gasteiger charge is 2.38. The molecule has 0 unspecified atom stereocenters. The minimum absolute atomic E-state index is 0.0759. The van der Waals surface area contributed by atoms with Crippen molar-refractivity contribution in [2.24, 2.45) is 7.05 Å². The molecule has 1 atom stereocenters. The first kappa shape index (κ1) is 20.1. The Bertz CT molecular complexity index is 1070. The van der Waals surface area contributed by atoms with Crippen LogP contribution in [-0.2, 0) is 29.6 Å². The quantitative estimate of drug-likeness (QED) is 0.658. The van der Waals surface area contributed by atoms with Crippen LogP contribution in [0.5, 0.6) is 0 Å². The Morgan fingerprint density at radius 2 is 2.00 bits per heavy atom. The van der Waals surface area contributed by atoms with Gasteiger partial charge in [0.2, 0.25) is 11.8 Å². The molecule has 1 fully saturated rings. The van der Waals surface area contributed by atoms with Gasteiger partial charge in [-0.1, -0.05) is 42.5 Å². The minimum Gasteiger partial charge on any atom is -0.350 e. The van der Waals surface area contributed by atoms with Gasteiger partial charge < -0.3 is 10.2 Å². The second-order valence-electron chi connectivity index (χ2n) is 8.46. The van der Waals surface area contributed by atoms with Gasteiger partial charge in [0.15, 0.2) is 0 Å². The molecule has 4 rings (SSSR count). The SMILES string of the molecule is CN(Cc1cnn(C)c1)C(=O)CC[C@]1(Cc2ccc3ccccc3c2)CCC(=O)N1. The van der Waals surface area contributed by atoms with E-state index in [9.17, 15) is 9.59 Å². The molecule has 0 bridgehead atoms. The predicted molar refractivity (Wildman–Crippen MR) is 117 cm³/mol. The number of benzene rings is 2. The average molecular weight is 405 g/mol. The van der Waals surface area contributed by atoms with Crippen LogP contribution in [0.2, 0.25) is 0 Å². The van der Waals surface area contributed by atoms with Crippen LogP contribution in [0, 0.1) is 0 Å². The molecular formula is C24H28N4O2. The normalized spacial score (nSPS) is 18.5. The Balaban J connectivity index is 1.43. The fraction of sp³-hybridized carbons (Fsp3) is 0.375. The molecule has 156 valence electrons. The van der Waals surface area contributed by atoms with Crippen molar-refractivity contribution in [2.75, 3.05) is 7.05 Å². The number of fused-ring (bicyclic) bond motifs is 1. The lowest BCUT2D eigenvalue weighted by molar-refractivity contribution is -0.131. The molecule has 2 aromatic carbocycles. The molecule has 0 saturated carbocycles. The lowest BCUT2D eigenvalue weighted by Crippen LogP contribution is -2.44. The second-order valence-corrected chi connectivity index (χ2v) is 8.46. The first-order valence-corrected chi connectivity index (χ1v) is 10.4. The molecule has 1 N–H and O–H groups in total. The van der Waals surface area contributed by atoms with Crippen LogP contribution >= 0.6 is 0 Å². The molecule has 1 aromatic heterocycles. The van der Waals surface area contributed by atoms with Crippen molar-refractivity contribution >= 4 is 22.6 Å². The number of hydrogen-bond acceptors (Lipinski definition) is 3. The topological polar surface area (TPSA) is 67.2 Å². The van der Waals surface area contributed by atoms with E-state index in [0.717, 1.165) is 18.4 Å². The van der Waals surface area contributed by atoms with E-state index < -0.39 is 0 Å². The van der Waals surface area contributed by atoms with Crippen molar-refractivity contribution in [1.82, 2.24) is 20.0 Å². The highest BCUT2D eigenvalue weighted by molar-refractivity contribution is 5.83. The third-order valence-electron chi connectivity index (χ3n) is 6.01. The monoisotopic (exact) mass is 404 g/mol. The number of aryl methyl sites for hydroxylation is 1. The van der Waals surface area contributed by atoms with Crippen LogP contribution in [0.4, 0.5) is 0 Å². The number of nitrogens with zero attached hydrogens (tertiary/aromatic N) is 3. The third-order valence-corrected chi connectivity index (χ3v) is 6.01. The van der Waals surface area contributed by atoms with Gasteiger partial charge in [0, 0.05) is 50.8 Å². The molecule has 30 heavy (non-hydrogen) atoms. The van der Waals surface area contributed by atoms with E-state index in [1.165, 1.54) is 16.3 Å². The van der Waals surface area contributed by atoms with Crippen LogP contribution in [0.3, 0.4) is 0 Å². The summed E-state index contributed by atoms with van der Waals surface area (Å²) in [6, 6.07) is 14.7. The van der Waals surface area contributed by atoms with Crippen LogP contribution in [0.25, 0.3) is 10.8 Å². The van der Waals surface area contributed by atoms with Gasteiger partial charge in [-0.2, -0.15) is 5.10 Å². The zero-order chi connectivity index (χ0) is 21.1. The summed E-state index contributed by atoms with van der Waals surface area (Å²) in [4.78, 5) is 26.5. The maximum Gasteiger partial charge on any atom is 0.222 e. The highest BCUT2D eigenvalue weighted by atomic mass is 16.2. The molecule has 3 aromatic rings. The summed E-state index contributed by atoms with van der Waals surface area (Å²) in [6.45, 7) is 0.538. The van der Waals surface area contributed by atoms with E-state index in [4.69, 9.17) is 0 Å². The number of hydrogen-bond donors (Lipinski definition) is 1. The lowest BCUT2D eigenvalue weighted by Gasteiger charge is -2.30. The molecule has 2 heterocycles. The Labute approximate surface area is 176 Å². The van der Waals surface area contributed by atoms with Crippen molar-refractivity contribution < 1.29 is 9.59 Å². The van der Waals surface area contributed by atoms with Gasteiger partial charge in [0.1, 0.15) is 0 Å². The fourth-order valence-electron chi connectivity index (χ4n) is 4.37. The standard InChI is InChI=1S/C24H28N4O2/c1-27(16-19-15-25-28(2)17-19)23(30)10-12-24(11-9-22(29)26-24)14-18-7-8-20-5-3-4-6-21(20)13-18/h3-8,13,15,17H,9-12,14,16H2,1-2H3,(H,26,29)/t24-/m0/s1. The summed E-state index contributed by atoms with van der Waals surface area (Å²) in [5.41, 5.74) is 1.84. The predicted octanol–water partition coefficient (Wildman–Crippen LogP) is 3.20. The zero-order valence-electron chi connectivity index (χ0n) is 17.6. The van der Waals surface area contributed by atoms with E-state index in [-0.39, 0.29) is 17.4 Å². The summed E-state index contributed by atoms with van der Waals surface area (Å²) in [7, 11) is 3.68. The first-order chi connectivity index (χ1) is 14.4. The van der Waals surface area contributed by atoms with Crippen LogP contribution in [-0.4, -0.2) is 39.1 Å². The molecule has 0 radical (unpaired) electrons. The minimum atomic E-state index is -0.357. The first-order valence-electron chi connectivity index (χ1n) is 10.4. The van der Waals surface area contributed by atoms with Crippen molar-refractivity contribution in [3.05, 3.63) is 66.0 Å². The summed E-state index contributed by atoms with van der Waals surface area (Å²) < 4.78 is 1.74. The molecular weight excluding hydrogens is 376 g/mol. The molecule has 0 aliphatic carbocycles. The molecule has 1 aliphatic rings. The average Bonchev–Trinajstić information content (AvgIpc) is 3.31. The van der Waals surface area contributed by atoms with Gasteiger partial charge in [-0.3, -0.25) is 14.3 Å².